The Morgan fingerprint density at radius 1 is 1.00 bits per heavy atom. The summed E-state index contributed by atoms with van der Waals surface area (Å²) < 4.78 is 0. The van der Waals surface area contributed by atoms with Crippen LogP contribution in [0.5, 0.6) is 0 Å². The Morgan fingerprint density at radius 2 is 1.72 bits per heavy atom. The number of carbonyl (C=O) groups is 2. The van der Waals surface area contributed by atoms with E-state index < -0.39 is 0 Å². The minimum atomic E-state index is 0. The molecule has 154 valence electrons. The molecule has 0 bridgehead atoms. The largest absolute Gasteiger partial charge is 0.340 e. The molecule has 2 heterocycles. The van der Waals surface area contributed by atoms with Gasteiger partial charge in [0.25, 0.3) is 0 Å². The molecule has 1 fully saturated rings. The molecule has 4 rings (SSSR count). The normalized spacial score (nSPS) is 21.3. The zero-order valence-corrected chi connectivity index (χ0v) is 17.3. The molecular weight excluding hydrogens is 386 g/mol. The molecule has 0 unspecified atom stereocenters. The van der Waals surface area contributed by atoms with Crippen LogP contribution in [0, 0.1) is 5.92 Å². The second kappa shape index (κ2) is 9.42. The molecule has 0 aromatic heterocycles. The number of halogens is 1. The summed E-state index contributed by atoms with van der Waals surface area (Å²) in [5.74, 6) is 0.537. The number of rotatable bonds is 4. The van der Waals surface area contributed by atoms with Crippen molar-refractivity contribution in [2.24, 2.45) is 11.7 Å². The molecule has 2 aliphatic rings. The zero-order chi connectivity index (χ0) is 19.5. The second-order valence-electron chi connectivity index (χ2n) is 7.77. The van der Waals surface area contributed by atoms with Crippen molar-refractivity contribution in [3.63, 3.8) is 0 Å². The van der Waals surface area contributed by atoms with Gasteiger partial charge in [-0.05, 0) is 42.5 Å². The number of hydrogen-bond acceptors (Lipinski definition) is 3. The van der Waals surface area contributed by atoms with Crippen LogP contribution in [0.1, 0.15) is 29.9 Å². The van der Waals surface area contributed by atoms with Gasteiger partial charge in [0.15, 0.2) is 0 Å². The van der Waals surface area contributed by atoms with Crippen molar-refractivity contribution < 1.29 is 9.59 Å². The summed E-state index contributed by atoms with van der Waals surface area (Å²) in [6.07, 6.45) is 2.19. The molecule has 0 spiro atoms. The van der Waals surface area contributed by atoms with Crippen molar-refractivity contribution in [3.8, 4) is 0 Å². The van der Waals surface area contributed by atoms with Gasteiger partial charge in [-0.15, -0.1) is 12.4 Å². The lowest BCUT2D eigenvalue weighted by Gasteiger charge is -2.25. The molecule has 2 aliphatic heterocycles. The topological polar surface area (TPSA) is 66.6 Å². The molecule has 2 amide bonds. The number of benzene rings is 2. The third-order valence-electron chi connectivity index (χ3n) is 6.04. The van der Waals surface area contributed by atoms with Gasteiger partial charge in [-0.2, -0.15) is 0 Å². The number of aryl methyl sites for hydroxylation is 1. The molecule has 1 saturated heterocycles. The number of anilines is 1. The molecule has 0 aliphatic carbocycles. The van der Waals surface area contributed by atoms with Gasteiger partial charge in [-0.25, -0.2) is 0 Å². The molecule has 2 aromatic rings. The maximum Gasteiger partial charge on any atom is 0.242 e. The Balaban J connectivity index is 0.00000240. The number of nitrogens with zero attached hydrogens (tertiary/aromatic N) is 2. The molecule has 0 radical (unpaired) electrons. The van der Waals surface area contributed by atoms with E-state index in [1.165, 1.54) is 5.56 Å². The van der Waals surface area contributed by atoms with Crippen LogP contribution in [-0.2, 0) is 16.0 Å². The summed E-state index contributed by atoms with van der Waals surface area (Å²) in [5, 5.41) is 0. The van der Waals surface area contributed by atoms with Crippen molar-refractivity contribution >= 4 is 29.9 Å². The minimum absolute atomic E-state index is 0. The first-order valence-corrected chi connectivity index (χ1v) is 10.1. The van der Waals surface area contributed by atoms with E-state index in [9.17, 15) is 9.59 Å². The lowest BCUT2D eigenvalue weighted by molar-refractivity contribution is -0.130. The van der Waals surface area contributed by atoms with Crippen LogP contribution in [0.4, 0.5) is 5.69 Å². The molecule has 2 N–H and O–H groups in total. The van der Waals surface area contributed by atoms with E-state index in [2.05, 4.69) is 18.2 Å². The SMILES string of the molecule is Cl.NC[C@@H]1CN(C(=O)CN2C(=O)CCCc3ccccc32)C[C@H]1c1ccccc1. The van der Waals surface area contributed by atoms with Gasteiger partial charge < -0.3 is 15.5 Å². The minimum Gasteiger partial charge on any atom is -0.340 e. The summed E-state index contributed by atoms with van der Waals surface area (Å²) in [6, 6.07) is 18.2. The fourth-order valence-corrected chi connectivity index (χ4v) is 4.49. The average molecular weight is 414 g/mol. The average Bonchev–Trinajstić information content (AvgIpc) is 3.11. The van der Waals surface area contributed by atoms with Gasteiger partial charge in [-0.3, -0.25) is 9.59 Å². The van der Waals surface area contributed by atoms with Crippen LogP contribution in [-0.4, -0.2) is 42.9 Å². The smallest absolute Gasteiger partial charge is 0.242 e. The summed E-state index contributed by atoms with van der Waals surface area (Å²) >= 11 is 0. The van der Waals surface area contributed by atoms with E-state index in [-0.39, 0.29) is 42.6 Å². The van der Waals surface area contributed by atoms with Crippen LogP contribution in [0.25, 0.3) is 0 Å². The number of nitrogens with two attached hydrogens (primary N) is 1. The van der Waals surface area contributed by atoms with E-state index in [1.807, 2.05) is 41.3 Å². The molecule has 0 saturated carbocycles. The molecule has 6 heteroatoms. The van der Waals surface area contributed by atoms with Gasteiger partial charge in [0, 0.05) is 31.1 Å². The van der Waals surface area contributed by atoms with E-state index in [4.69, 9.17) is 5.73 Å². The highest BCUT2D eigenvalue weighted by Crippen LogP contribution is 2.33. The highest BCUT2D eigenvalue weighted by Gasteiger charge is 2.36. The van der Waals surface area contributed by atoms with Crippen LogP contribution in [0.15, 0.2) is 54.6 Å². The fraction of sp³-hybridized carbons (Fsp3) is 0.391. The highest BCUT2D eigenvalue weighted by molar-refractivity contribution is 5.99. The number of carbonyl (C=O) groups excluding carboxylic acids is 2. The third-order valence-corrected chi connectivity index (χ3v) is 6.04. The predicted molar refractivity (Wildman–Crippen MR) is 117 cm³/mol. The van der Waals surface area contributed by atoms with Gasteiger partial charge >= 0.3 is 0 Å². The van der Waals surface area contributed by atoms with Crippen LogP contribution < -0.4 is 10.6 Å². The summed E-state index contributed by atoms with van der Waals surface area (Å²) in [7, 11) is 0. The number of amides is 2. The first-order valence-electron chi connectivity index (χ1n) is 10.1. The van der Waals surface area contributed by atoms with E-state index in [0.717, 1.165) is 24.1 Å². The second-order valence-corrected chi connectivity index (χ2v) is 7.77. The number of fused-ring (bicyclic) bond motifs is 1. The molecule has 2 atom stereocenters. The van der Waals surface area contributed by atoms with Crippen molar-refractivity contribution in [3.05, 3.63) is 65.7 Å². The van der Waals surface area contributed by atoms with Gasteiger partial charge in [0.05, 0.1) is 0 Å². The van der Waals surface area contributed by atoms with Crippen molar-refractivity contribution in [2.75, 3.05) is 31.1 Å². The van der Waals surface area contributed by atoms with Gasteiger partial charge in [-0.1, -0.05) is 48.5 Å². The Kier molecular flexibility index (Phi) is 6.93. The monoisotopic (exact) mass is 413 g/mol. The third kappa shape index (κ3) is 4.46. The highest BCUT2D eigenvalue weighted by atomic mass is 35.5. The molecule has 29 heavy (non-hydrogen) atoms. The van der Waals surface area contributed by atoms with Crippen LogP contribution in [0.3, 0.4) is 0 Å². The van der Waals surface area contributed by atoms with Crippen LogP contribution in [0.2, 0.25) is 0 Å². The number of likely N-dealkylation sites (tertiary alicyclic amines) is 1. The summed E-state index contributed by atoms with van der Waals surface area (Å²) in [5.41, 5.74) is 9.26. The zero-order valence-electron chi connectivity index (χ0n) is 16.5. The van der Waals surface area contributed by atoms with Crippen molar-refractivity contribution in [2.45, 2.75) is 25.2 Å². The predicted octanol–water partition coefficient (Wildman–Crippen LogP) is 2.98. The van der Waals surface area contributed by atoms with Crippen molar-refractivity contribution in [1.29, 1.82) is 0 Å². The molecular formula is C23H28ClN3O2. The Labute approximate surface area is 178 Å². The van der Waals surface area contributed by atoms with Gasteiger partial charge in [0.1, 0.15) is 6.54 Å². The Hall–Kier alpha value is -2.37. The maximum absolute atomic E-state index is 13.1. The molecule has 5 nitrogen and oxygen atoms in total. The standard InChI is InChI=1S/C23H27N3O2.ClH/c24-13-19-14-25(15-20(19)17-7-2-1-3-8-17)23(28)16-26-21-11-5-4-9-18(21)10-6-12-22(26)27;/h1-5,7-9,11,19-20H,6,10,12-16,24H2;1H/t19-,20+;/m1./s1. The van der Waals surface area contributed by atoms with E-state index >= 15 is 0 Å². The van der Waals surface area contributed by atoms with E-state index in [0.29, 0.717) is 26.1 Å². The maximum atomic E-state index is 13.1. The summed E-state index contributed by atoms with van der Waals surface area (Å²) in [4.78, 5) is 29.3. The lowest BCUT2D eigenvalue weighted by Crippen LogP contribution is -2.42. The summed E-state index contributed by atoms with van der Waals surface area (Å²) in [6.45, 7) is 1.97. The quantitative estimate of drug-likeness (QED) is 0.837. The Morgan fingerprint density at radius 3 is 2.48 bits per heavy atom. The first kappa shape index (κ1) is 21.3. The lowest BCUT2D eigenvalue weighted by atomic mass is 9.89. The fourth-order valence-electron chi connectivity index (χ4n) is 4.49. The Bertz CT molecular complexity index is 858. The number of hydrogen-bond donors (Lipinski definition) is 1. The van der Waals surface area contributed by atoms with E-state index in [1.54, 1.807) is 4.90 Å². The first-order chi connectivity index (χ1) is 13.7. The molecule has 2 aromatic carbocycles. The number of para-hydroxylation sites is 1. The van der Waals surface area contributed by atoms with Crippen molar-refractivity contribution in [1.82, 2.24) is 4.90 Å². The van der Waals surface area contributed by atoms with Crippen LogP contribution >= 0.6 is 12.4 Å². The van der Waals surface area contributed by atoms with Gasteiger partial charge in [0.2, 0.25) is 11.8 Å².